The molecule has 0 unspecified atom stereocenters. The summed E-state index contributed by atoms with van der Waals surface area (Å²) in [5.74, 6) is 0. The molecule has 0 saturated carbocycles. The first-order chi connectivity index (χ1) is 5.00. The molecule has 0 aliphatic carbocycles. The third kappa shape index (κ3) is 3.67. The minimum absolute atomic E-state index is 0.708. The van der Waals surface area contributed by atoms with Crippen molar-refractivity contribution in [3.8, 4) is 0 Å². The van der Waals surface area contributed by atoms with Gasteiger partial charge in [0.05, 0.1) is 0 Å². The topological polar surface area (TPSA) is 0 Å². The third-order valence-electron chi connectivity index (χ3n) is 0.851. The van der Waals surface area contributed by atoms with Gasteiger partial charge in [0.25, 0.3) is 0 Å². The molecule has 0 atom stereocenters. The minimum Gasteiger partial charge on any atom is -0.152 e. The second kappa shape index (κ2) is 5.48. The van der Waals surface area contributed by atoms with Crippen molar-refractivity contribution < 1.29 is 0 Å². The Morgan fingerprint density at radius 2 is 1.40 bits per heavy atom. The van der Waals surface area contributed by atoms with Crippen molar-refractivity contribution >= 4 is 25.8 Å². The molecule has 0 fully saturated rings. The van der Waals surface area contributed by atoms with Gasteiger partial charge in [0.15, 0.2) is 0 Å². The second-order valence-electron chi connectivity index (χ2n) is 1.59. The molecule has 0 spiro atoms. The first kappa shape index (κ1) is 7.80. The zero-order valence-electron chi connectivity index (χ0n) is 5.44. The molecule has 0 bridgehead atoms. The zero-order chi connectivity index (χ0) is 7.07. The van der Waals surface area contributed by atoms with Crippen LogP contribution in [-0.4, -0.2) is 14.5 Å². The SMILES string of the molecule is c1cc[se]c1.c1ccsc1. The van der Waals surface area contributed by atoms with Crippen LogP contribution in [0.15, 0.2) is 44.9 Å². The maximum absolute atomic E-state index is 2.19. The Labute approximate surface area is 70.9 Å². The summed E-state index contributed by atoms with van der Waals surface area (Å²) in [5, 5.41) is 4.08. The van der Waals surface area contributed by atoms with Crippen LogP contribution in [0.5, 0.6) is 0 Å². The van der Waals surface area contributed by atoms with Gasteiger partial charge in [0.1, 0.15) is 0 Å². The van der Waals surface area contributed by atoms with Crippen molar-refractivity contribution in [2.24, 2.45) is 0 Å². The van der Waals surface area contributed by atoms with E-state index >= 15 is 0 Å². The van der Waals surface area contributed by atoms with Crippen LogP contribution in [0.2, 0.25) is 0 Å². The van der Waals surface area contributed by atoms with Crippen molar-refractivity contribution in [1.82, 2.24) is 0 Å². The smallest absolute Gasteiger partial charge is 0.00934 e. The van der Waals surface area contributed by atoms with E-state index in [-0.39, 0.29) is 0 Å². The molecule has 0 amide bonds. The van der Waals surface area contributed by atoms with Gasteiger partial charge in [0, 0.05) is 0 Å². The van der Waals surface area contributed by atoms with Crippen LogP contribution in [0.25, 0.3) is 0 Å². The quantitative estimate of drug-likeness (QED) is 0.592. The van der Waals surface area contributed by atoms with Crippen LogP contribution in [0.3, 0.4) is 0 Å². The number of hydrogen-bond acceptors (Lipinski definition) is 1. The summed E-state index contributed by atoms with van der Waals surface area (Å²) in [6.07, 6.45) is 0. The summed E-state index contributed by atoms with van der Waals surface area (Å²) >= 11 is 2.42. The predicted octanol–water partition coefficient (Wildman–Crippen LogP) is 2.49. The van der Waals surface area contributed by atoms with Gasteiger partial charge in [0.2, 0.25) is 0 Å². The molecule has 0 aromatic carbocycles. The molecular weight excluding hydrogens is 207 g/mol. The molecule has 0 aliphatic heterocycles. The van der Waals surface area contributed by atoms with Gasteiger partial charge in [-0.15, -0.1) is 0 Å². The van der Waals surface area contributed by atoms with Gasteiger partial charge in [-0.25, -0.2) is 0 Å². The van der Waals surface area contributed by atoms with Crippen LogP contribution in [0.4, 0.5) is 0 Å². The standard InChI is InChI=1S/C4H4S.C4H4Se/c2*1-2-4-5-3-1/h2*1-4H. The molecule has 0 saturated heterocycles. The molecule has 10 heavy (non-hydrogen) atoms. The molecule has 0 aliphatic rings. The van der Waals surface area contributed by atoms with Crippen LogP contribution in [0.1, 0.15) is 0 Å². The van der Waals surface area contributed by atoms with Crippen molar-refractivity contribution in [3.63, 3.8) is 0 Å². The van der Waals surface area contributed by atoms with E-state index in [9.17, 15) is 0 Å². The molecule has 2 heteroatoms. The monoisotopic (exact) mass is 216 g/mol. The summed E-state index contributed by atoms with van der Waals surface area (Å²) in [6, 6.07) is 8.20. The van der Waals surface area contributed by atoms with E-state index in [1.54, 1.807) is 11.3 Å². The van der Waals surface area contributed by atoms with Gasteiger partial charge < -0.3 is 0 Å². The molecule has 0 radical (unpaired) electrons. The Morgan fingerprint density at radius 3 is 1.60 bits per heavy atom. The average Bonchev–Trinajstić information content (AvgIpc) is 2.67. The largest absolute Gasteiger partial charge is 0.152 e. The Hall–Kier alpha value is -0.301. The van der Waals surface area contributed by atoms with E-state index in [4.69, 9.17) is 0 Å². The summed E-state index contributed by atoms with van der Waals surface area (Å²) < 4.78 is 0. The number of hydrogen-bond donors (Lipinski definition) is 0. The van der Waals surface area contributed by atoms with Crippen molar-refractivity contribution in [2.75, 3.05) is 0 Å². The van der Waals surface area contributed by atoms with Crippen molar-refractivity contribution in [3.05, 3.63) is 44.9 Å². The van der Waals surface area contributed by atoms with E-state index in [0.717, 1.165) is 0 Å². The van der Waals surface area contributed by atoms with Gasteiger partial charge in [-0.2, -0.15) is 11.3 Å². The van der Waals surface area contributed by atoms with Gasteiger partial charge in [-0.1, -0.05) is 12.1 Å². The molecule has 0 nitrogen and oxygen atoms in total. The molecule has 2 heterocycles. The van der Waals surface area contributed by atoms with Crippen LogP contribution in [0, 0.1) is 0 Å². The maximum Gasteiger partial charge on any atom is -0.00934 e. The molecule has 2 aromatic heterocycles. The normalized spacial score (nSPS) is 8.00. The van der Waals surface area contributed by atoms with Crippen LogP contribution < -0.4 is 0 Å². The molecule has 2 rings (SSSR count). The predicted molar refractivity (Wildman–Crippen MR) is 47.7 cm³/mol. The fraction of sp³-hybridized carbons (Fsp3) is 0. The Morgan fingerprint density at radius 1 is 0.800 bits per heavy atom. The van der Waals surface area contributed by atoms with E-state index in [0.29, 0.717) is 14.5 Å². The van der Waals surface area contributed by atoms with E-state index in [2.05, 4.69) is 22.0 Å². The first-order valence-corrected chi connectivity index (χ1v) is 5.86. The Kier molecular flexibility index (Phi) is 4.28. The fourth-order valence-corrected chi connectivity index (χ4v) is 1.86. The first-order valence-electron chi connectivity index (χ1n) is 2.94. The molecule has 0 N–H and O–H groups in total. The van der Waals surface area contributed by atoms with E-state index < -0.39 is 0 Å². The average molecular weight is 215 g/mol. The fourth-order valence-electron chi connectivity index (χ4n) is 0.454. The molecule has 2 aromatic rings. The third-order valence-corrected chi connectivity index (χ3v) is 2.80. The van der Waals surface area contributed by atoms with Crippen LogP contribution in [-0.2, 0) is 0 Å². The van der Waals surface area contributed by atoms with Crippen molar-refractivity contribution in [2.45, 2.75) is 0 Å². The van der Waals surface area contributed by atoms with E-state index in [1.165, 1.54) is 0 Å². The number of rotatable bonds is 0. The molecule has 52 valence electrons. The van der Waals surface area contributed by atoms with Gasteiger partial charge in [-0.05, 0) is 10.8 Å². The van der Waals surface area contributed by atoms with Crippen molar-refractivity contribution in [1.29, 1.82) is 0 Å². The summed E-state index contributed by atoms with van der Waals surface area (Å²) in [5.41, 5.74) is 0. The summed E-state index contributed by atoms with van der Waals surface area (Å²) in [6.45, 7) is 0. The zero-order valence-corrected chi connectivity index (χ0v) is 7.96. The van der Waals surface area contributed by atoms with Gasteiger partial charge >= 0.3 is 36.5 Å². The summed E-state index contributed by atoms with van der Waals surface area (Å²) in [7, 11) is 0. The van der Waals surface area contributed by atoms with E-state index in [1.807, 2.05) is 22.9 Å². The maximum atomic E-state index is 2.19. The Bertz CT molecular complexity index is 148. The number of thiophene rings is 1. The van der Waals surface area contributed by atoms with Gasteiger partial charge in [-0.3, -0.25) is 0 Å². The molecular formula is C8H8SSe. The van der Waals surface area contributed by atoms with Crippen LogP contribution >= 0.6 is 11.3 Å². The second-order valence-corrected chi connectivity index (χ2v) is 4.12. The Balaban J connectivity index is 0.0000001000. The minimum atomic E-state index is 0.708. The summed E-state index contributed by atoms with van der Waals surface area (Å²) in [4.78, 5) is 4.38.